The highest BCUT2D eigenvalue weighted by atomic mass is 32.2. The SMILES string of the molecule is NC(=O)OCc1ccccc1.O=C(N1CCS(=O)CC1)N(Cc1ccc(-c2nnc(C(F)F)o2)cn1)c1ccccc1. The standard InChI is InChI=1S/C20H19F2N5O3S.C8H9NO2/c21-17(22)19-25-24-18(30-19)14-6-7-15(23-12-14)13-27(16-4-2-1-3-5-16)20(28)26-8-10-31(29)11-9-26;9-8(10)11-6-7-4-2-1-3-5-7/h1-7,12,17H,8-11,13H2;1-5H,6H2,(H2,9,10). The number of alkyl halides is 2. The summed E-state index contributed by atoms with van der Waals surface area (Å²) in [7, 11) is -0.887. The van der Waals surface area contributed by atoms with Crippen LogP contribution >= 0.6 is 0 Å². The van der Waals surface area contributed by atoms with Crippen molar-refractivity contribution in [1.29, 1.82) is 0 Å². The van der Waals surface area contributed by atoms with Crippen LogP contribution in [0, 0.1) is 0 Å². The number of hydrogen-bond donors (Lipinski definition) is 1. The van der Waals surface area contributed by atoms with Crippen LogP contribution in [-0.2, 0) is 28.7 Å². The summed E-state index contributed by atoms with van der Waals surface area (Å²) in [5, 5.41) is 6.92. The van der Waals surface area contributed by atoms with E-state index >= 15 is 0 Å². The van der Waals surface area contributed by atoms with Crippen LogP contribution in [0.3, 0.4) is 0 Å². The first-order chi connectivity index (χ1) is 20.3. The number of carbonyl (C=O) groups excluding carboxylic acids is 2. The van der Waals surface area contributed by atoms with Gasteiger partial charge in [-0.3, -0.25) is 14.1 Å². The first-order valence-electron chi connectivity index (χ1n) is 12.8. The number of nitrogens with two attached hydrogens (primary N) is 1. The van der Waals surface area contributed by atoms with E-state index in [4.69, 9.17) is 10.2 Å². The summed E-state index contributed by atoms with van der Waals surface area (Å²) in [6, 6.07) is 21.7. The van der Waals surface area contributed by atoms with Gasteiger partial charge in [-0.15, -0.1) is 10.2 Å². The number of rotatable bonds is 7. The molecule has 0 spiro atoms. The predicted molar refractivity (Wildman–Crippen MR) is 151 cm³/mol. The van der Waals surface area contributed by atoms with Gasteiger partial charge in [-0.1, -0.05) is 48.5 Å². The van der Waals surface area contributed by atoms with Gasteiger partial charge in [0.05, 0.1) is 17.8 Å². The molecule has 2 aromatic heterocycles. The number of primary amides is 1. The van der Waals surface area contributed by atoms with Crippen molar-refractivity contribution in [2.45, 2.75) is 19.6 Å². The molecule has 1 aliphatic heterocycles. The lowest BCUT2D eigenvalue weighted by Gasteiger charge is -2.32. The number of benzene rings is 2. The van der Waals surface area contributed by atoms with Gasteiger partial charge in [-0.2, -0.15) is 8.78 Å². The average molecular weight is 599 g/mol. The first kappa shape index (κ1) is 30.2. The lowest BCUT2D eigenvalue weighted by Crippen LogP contribution is -2.48. The highest BCUT2D eigenvalue weighted by molar-refractivity contribution is 7.85. The van der Waals surface area contributed by atoms with Crippen LogP contribution < -0.4 is 10.6 Å². The summed E-state index contributed by atoms with van der Waals surface area (Å²) in [5.74, 6) is 0.132. The number of hydrogen-bond acceptors (Lipinski definition) is 8. The van der Waals surface area contributed by atoms with Gasteiger partial charge in [0, 0.05) is 47.3 Å². The Labute approximate surface area is 242 Å². The first-order valence-corrected chi connectivity index (χ1v) is 14.3. The van der Waals surface area contributed by atoms with Gasteiger partial charge in [-0.25, -0.2) is 9.59 Å². The Morgan fingerprint density at radius 2 is 1.67 bits per heavy atom. The Morgan fingerprint density at radius 1 is 1.00 bits per heavy atom. The minimum atomic E-state index is -2.84. The summed E-state index contributed by atoms with van der Waals surface area (Å²) in [4.78, 5) is 31.0. The number of aromatic nitrogens is 3. The number of ether oxygens (including phenoxy) is 1. The molecule has 14 heteroatoms. The van der Waals surface area contributed by atoms with Gasteiger partial charge < -0.3 is 19.8 Å². The monoisotopic (exact) mass is 598 g/mol. The van der Waals surface area contributed by atoms with Crippen molar-refractivity contribution >= 4 is 28.6 Å². The molecule has 4 aromatic rings. The molecule has 0 radical (unpaired) electrons. The second-order valence-electron chi connectivity index (χ2n) is 8.92. The number of amides is 3. The molecular weight excluding hydrogens is 570 g/mol. The van der Waals surface area contributed by atoms with E-state index in [0.29, 0.717) is 41.5 Å². The fourth-order valence-corrected chi connectivity index (χ4v) is 4.90. The molecule has 3 heterocycles. The Morgan fingerprint density at radius 3 is 2.24 bits per heavy atom. The maximum Gasteiger partial charge on any atom is 0.404 e. The highest BCUT2D eigenvalue weighted by Gasteiger charge is 2.26. The van der Waals surface area contributed by atoms with E-state index in [9.17, 15) is 22.6 Å². The number of urea groups is 1. The predicted octanol–water partition coefficient (Wildman–Crippen LogP) is 4.54. The molecule has 11 nitrogen and oxygen atoms in total. The molecule has 3 amide bonds. The molecule has 0 atom stereocenters. The molecule has 0 bridgehead atoms. The second kappa shape index (κ2) is 14.8. The second-order valence-corrected chi connectivity index (χ2v) is 10.6. The van der Waals surface area contributed by atoms with Crippen molar-refractivity contribution in [2.75, 3.05) is 29.5 Å². The van der Waals surface area contributed by atoms with Crippen LogP contribution in [0.5, 0.6) is 0 Å². The molecule has 220 valence electrons. The zero-order valence-corrected chi connectivity index (χ0v) is 23.2. The van der Waals surface area contributed by atoms with Gasteiger partial charge in [0.15, 0.2) is 0 Å². The van der Waals surface area contributed by atoms with Crippen molar-refractivity contribution in [3.63, 3.8) is 0 Å². The minimum absolute atomic E-state index is 0.0494. The van der Waals surface area contributed by atoms with Crippen molar-refractivity contribution in [3.05, 3.63) is 96.1 Å². The lowest BCUT2D eigenvalue weighted by molar-refractivity contribution is 0.116. The van der Waals surface area contributed by atoms with Crippen molar-refractivity contribution in [3.8, 4) is 11.5 Å². The molecule has 2 aromatic carbocycles. The largest absolute Gasteiger partial charge is 0.445 e. The molecule has 42 heavy (non-hydrogen) atoms. The summed E-state index contributed by atoms with van der Waals surface area (Å²) in [6.07, 6.45) is -2.14. The molecule has 0 saturated carbocycles. The zero-order chi connectivity index (χ0) is 29.9. The van der Waals surface area contributed by atoms with Gasteiger partial charge >= 0.3 is 18.5 Å². The van der Waals surface area contributed by atoms with Gasteiger partial charge in [0.25, 0.3) is 5.89 Å². The number of halogens is 2. The number of para-hydroxylation sites is 1. The molecular formula is C28H28F2N6O5S. The van der Waals surface area contributed by atoms with E-state index < -0.39 is 29.2 Å². The summed E-state index contributed by atoms with van der Waals surface area (Å²) in [6.45, 7) is 1.32. The van der Waals surface area contributed by atoms with Gasteiger partial charge in [-0.05, 0) is 29.8 Å². The maximum atomic E-state index is 13.2. The average Bonchev–Trinajstić information content (AvgIpc) is 3.52. The van der Waals surface area contributed by atoms with Crippen LogP contribution in [0.15, 0.2) is 83.4 Å². The molecule has 5 rings (SSSR count). The smallest absolute Gasteiger partial charge is 0.404 e. The molecule has 1 aliphatic rings. The van der Waals surface area contributed by atoms with Crippen LogP contribution in [0.2, 0.25) is 0 Å². The Hall–Kier alpha value is -4.72. The van der Waals surface area contributed by atoms with E-state index in [1.165, 1.54) is 6.20 Å². The van der Waals surface area contributed by atoms with Crippen LogP contribution in [0.1, 0.15) is 23.6 Å². The Bertz CT molecular complexity index is 1470. The Balaban J connectivity index is 0.000000310. The fourth-order valence-electron chi connectivity index (χ4n) is 3.85. The number of carbonyl (C=O) groups is 2. The lowest BCUT2D eigenvalue weighted by atomic mass is 10.2. The maximum absolute atomic E-state index is 13.2. The minimum Gasteiger partial charge on any atom is -0.445 e. The summed E-state index contributed by atoms with van der Waals surface area (Å²) < 4.78 is 46.4. The van der Waals surface area contributed by atoms with E-state index in [1.807, 2.05) is 60.7 Å². The molecule has 0 aliphatic carbocycles. The number of pyridine rings is 1. The molecule has 0 unspecified atom stereocenters. The quantitative estimate of drug-likeness (QED) is 0.326. The topological polar surface area (TPSA) is 145 Å². The molecule has 1 saturated heterocycles. The summed E-state index contributed by atoms with van der Waals surface area (Å²) in [5.41, 5.74) is 7.42. The van der Waals surface area contributed by atoms with Crippen LogP contribution in [-0.4, -0.2) is 61.0 Å². The van der Waals surface area contributed by atoms with E-state index in [2.05, 4.69) is 19.9 Å². The van der Waals surface area contributed by atoms with E-state index in [1.54, 1.807) is 21.9 Å². The summed E-state index contributed by atoms with van der Waals surface area (Å²) >= 11 is 0. The van der Waals surface area contributed by atoms with Crippen LogP contribution in [0.4, 0.5) is 24.1 Å². The zero-order valence-electron chi connectivity index (χ0n) is 22.3. The third kappa shape index (κ3) is 8.64. The van der Waals surface area contributed by atoms with Gasteiger partial charge in [0.2, 0.25) is 5.89 Å². The van der Waals surface area contributed by atoms with Crippen LogP contribution in [0.25, 0.3) is 11.5 Å². The van der Waals surface area contributed by atoms with E-state index in [0.717, 1.165) is 5.56 Å². The number of nitrogens with zero attached hydrogens (tertiary/aromatic N) is 5. The van der Waals surface area contributed by atoms with E-state index in [-0.39, 0.29) is 25.1 Å². The normalized spacial score (nSPS) is 13.3. The molecule has 1 fully saturated rings. The van der Waals surface area contributed by atoms with Crippen molar-refractivity contribution in [1.82, 2.24) is 20.1 Å². The number of anilines is 1. The van der Waals surface area contributed by atoms with Crippen molar-refractivity contribution in [2.24, 2.45) is 5.73 Å². The third-order valence-electron chi connectivity index (χ3n) is 5.99. The third-order valence-corrected chi connectivity index (χ3v) is 7.27. The Kier molecular flexibility index (Phi) is 10.6. The molecule has 2 N–H and O–H groups in total. The van der Waals surface area contributed by atoms with Crippen molar-refractivity contribution < 1.29 is 31.7 Å². The van der Waals surface area contributed by atoms with Gasteiger partial charge in [0.1, 0.15) is 6.61 Å². The highest BCUT2D eigenvalue weighted by Crippen LogP contribution is 2.24. The fraction of sp³-hybridized carbons (Fsp3) is 0.250.